The van der Waals surface area contributed by atoms with Gasteiger partial charge in [0.25, 0.3) is 0 Å². The molecule has 0 unspecified atom stereocenters. The smallest absolute Gasteiger partial charge is 0.410 e. The van der Waals surface area contributed by atoms with Gasteiger partial charge in [-0.1, -0.05) is 0 Å². The Balaban J connectivity index is 1.99. The Bertz CT molecular complexity index is 665. The number of rotatable bonds is 3. The van der Waals surface area contributed by atoms with Crippen molar-refractivity contribution in [2.75, 3.05) is 20.2 Å². The second-order valence-corrected chi connectivity index (χ2v) is 8.08. The standard InChI is InChI=1S/C18H25NO5S/c1-11-13(16(21)23-5)10-25-15(11)14(20)12-6-8-19(9-7-12)17(22)24-18(2,3)4/h10,12H,6-9H2,1-5H3. The summed E-state index contributed by atoms with van der Waals surface area (Å²) in [6.45, 7) is 8.27. The molecule has 0 bridgehead atoms. The average molecular weight is 367 g/mol. The zero-order chi connectivity index (χ0) is 18.8. The lowest BCUT2D eigenvalue weighted by Crippen LogP contribution is -2.43. The highest BCUT2D eigenvalue weighted by Gasteiger charge is 2.32. The second kappa shape index (κ2) is 7.56. The van der Waals surface area contributed by atoms with Crippen molar-refractivity contribution in [3.8, 4) is 0 Å². The molecule has 1 aliphatic rings. The number of likely N-dealkylation sites (tertiary alicyclic amines) is 1. The number of carbonyl (C=O) groups is 3. The predicted octanol–water partition coefficient (Wildman–Crippen LogP) is 3.67. The summed E-state index contributed by atoms with van der Waals surface area (Å²) in [6, 6.07) is 0. The van der Waals surface area contributed by atoms with E-state index in [1.807, 2.05) is 20.8 Å². The van der Waals surface area contributed by atoms with Crippen LogP contribution in [0.15, 0.2) is 5.38 Å². The first kappa shape index (κ1) is 19.4. The third-order valence-corrected chi connectivity index (χ3v) is 5.28. The van der Waals surface area contributed by atoms with Gasteiger partial charge >= 0.3 is 12.1 Å². The van der Waals surface area contributed by atoms with Crippen molar-refractivity contribution in [3.63, 3.8) is 0 Å². The Labute approximate surface area is 152 Å². The van der Waals surface area contributed by atoms with Crippen LogP contribution in [0, 0.1) is 12.8 Å². The van der Waals surface area contributed by atoms with E-state index in [4.69, 9.17) is 9.47 Å². The van der Waals surface area contributed by atoms with E-state index in [0.29, 0.717) is 41.9 Å². The predicted molar refractivity (Wildman–Crippen MR) is 95.3 cm³/mol. The van der Waals surface area contributed by atoms with E-state index in [1.54, 1.807) is 17.2 Å². The molecule has 0 N–H and O–H groups in total. The molecule has 0 radical (unpaired) electrons. The fraction of sp³-hybridized carbons (Fsp3) is 0.611. The summed E-state index contributed by atoms with van der Waals surface area (Å²) in [6.07, 6.45) is 0.866. The van der Waals surface area contributed by atoms with Crippen molar-refractivity contribution in [3.05, 3.63) is 21.4 Å². The van der Waals surface area contributed by atoms with Gasteiger partial charge in [0, 0.05) is 24.4 Å². The van der Waals surface area contributed by atoms with Crippen LogP contribution in [0.5, 0.6) is 0 Å². The number of hydrogen-bond donors (Lipinski definition) is 0. The molecule has 1 aliphatic heterocycles. The Morgan fingerprint density at radius 1 is 1.20 bits per heavy atom. The molecule has 25 heavy (non-hydrogen) atoms. The van der Waals surface area contributed by atoms with Gasteiger partial charge in [-0.05, 0) is 46.1 Å². The van der Waals surface area contributed by atoms with Crippen molar-refractivity contribution in [1.82, 2.24) is 4.90 Å². The number of piperidine rings is 1. The Morgan fingerprint density at radius 2 is 1.80 bits per heavy atom. The summed E-state index contributed by atoms with van der Waals surface area (Å²) in [5.41, 5.74) is 0.598. The molecule has 2 heterocycles. The highest BCUT2D eigenvalue weighted by molar-refractivity contribution is 7.12. The maximum Gasteiger partial charge on any atom is 0.410 e. The van der Waals surface area contributed by atoms with Gasteiger partial charge < -0.3 is 14.4 Å². The summed E-state index contributed by atoms with van der Waals surface area (Å²) in [5.74, 6) is -0.518. The van der Waals surface area contributed by atoms with E-state index >= 15 is 0 Å². The molecule has 7 heteroatoms. The summed E-state index contributed by atoms with van der Waals surface area (Å²) in [5, 5.41) is 1.67. The van der Waals surface area contributed by atoms with Crippen LogP contribution in [0.4, 0.5) is 4.79 Å². The highest BCUT2D eigenvalue weighted by Crippen LogP contribution is 2.29. The van der Waals surface area contributed by atoms with E-state index in [-0.39, 0.29) is 17.8 Å². The minimum Gasteiger partial charge on any atom is -0.465 e. The SMILES string of the molecule is COC(=O)c1csc(C(=O)C2CCN(C(=O)OC(C)(C)C)CC2)c1C. The lowest BCUT2D eigenvalue weighted by molar-refractivity contribution is 0.0182. The fourth-order valence-electron chi connectivity index (χ4n) is 2.81. The molecule has 0 spiro atoms. The van der Waals surface area contributed by atoms with Gasteiger partial charge in [-0.3, -0.25) is 4.79 Å². The van der Waals surface area contributed by atoms with Crippen LogP contribution in [-0.4, -0.2) is 48.5 Å². The van der Waals surface area contributed by atoms with Crippen molar-refractivity contribution in [2.24, 2.45) is 5.92 Å². The number of ketones is 1. The zero-order valence-corrected chi connectivity index (χ0v) is 16.2. The van der Waals surface area contributed by atoms with E-state index in [1.165, 1.54) is 18.4 Å². The monoisotopic (exact) mass is 367 g/mol. The first-order chi connectivity index (χ1) is 11.6. The Morgan fingerprint density at radius 3 is 2.32 bits per heavy atom. The van der Waals surface area contributed by atoms with Crippen LogP contribution >= 0.6 is 11.3 Å². The molecular weight excluding hydrogens is 342 g/mol. The topological polar surface area (TPSA) is 72.9 Å². The summed E-state index contributed by atoms with van der Waals surface area (Å²) in [4.78, 5) is 38.8. The van der Waals surface area contributed by atoms with Gasteiger partial charge in [-0.15, -0.1) is 11.3 Å². The minimum atomic E-state index is -0.526. The van der Waals surface area contributed by atoms with Crippen molar-refractivity contribution in [2.45, 2.75) is 46.1 Å². The lowest BCUT2D eigenvalue weighted by atomic mass is 9.90. The molecule has 0 aromatic carbocycles. The maximum atomic E-state index is 12.8. The Kier molecular flexibility index (Phi) is 5.87. The minimum absolute atomic E-state index is 0.0430. The molecule has 0 atom stereocenters. The van der Waals surface area contributed by atoms with Gasteiger partial charge in [-0.25, -0.2) is 9.59 Å². The van der Waals surface area contributed by atoms with E-state index < -0.39 is 11.6 Å². The number of nitrogens with zero attached hydrogens (tertiary/aromatic N) is 1. The normalized spacial score (nSPS) is 15.8. The van der Waals surface area contributed by atoms with Crippen LogP contribution in [0.3, 0.4) is 0 Å². The maximum absolute atomic E-state index is 12.8. The molecule has 0 aliphatic carbocycles. The van der Waals surface area contributed by atoms with Gasteiger partial charge in [0.2, 0.25) is 0 Å². The van der Waals surface area contributed by atoms with Crippen LogP contribution in [0.2, 0.25) is 0 Å². The largest absolute Gasteiger partial charge is 0.465 e. The average Bonchev–Trinajstić information content (AvgIpc) is 2.93. The number of esters is 1. The second-order valence-electron chi connectivity index (χ2n) is 7.20. The van der Waals surface area contributed by atoms with Crippen LogP contribution in [0.1, 0.15) is 59.2 Å². The number of carbonyl (C=O) groups excluding carboxylic acids is 3. The van der Waals surface area contributed by atoms with Crippen LogP contribution in [0.25, 0.3) is 0 Å². The van der Waals surface area contributed by atoms with Crippen LogP contribution < -0.4 is 0 Å². The van der Waals surface area contributed by atoms with Crippen molar-refractivity contribution < 1.29 is 23.9 Å². The van der Waals surface area contributed by atoms with E-state index in [2.05, 4.69) is 0 Å². The number of thiophene rings is 1. The number of methoxy groups -OCH3 is 1. The van der Waals surface area contributed by atoms with Gasteiger partial charge in [0.1, 0.15) is 5.60 Å². The molecule has 0 saturated carbocycles. The fourth-order valence-corrected chi connectivity index (χ4v) is 3.89. The third-order valence-electron chi connectivity index (χ3n) is 4.19. The van der Waals surface area contributed by atoms with Gasteiger partial charge in [0.05, 0.1) is 17.6 Å². The molecule has 1 aromatic rings. The number of hydrogen-bond acceptors (Lipinski definition) is 6. The zero-order valence-electron chi connectivity index (χ0n) is 15.4. The lowest BCUT2D eigenvalue weighted by Gasteiger charge is -2.32. The molecule has 1 aromatic heterocycles. The Hall–Kier alpha value is -1.89. The molecule has 1 saturated heterocycles. The van der Waals surface area contributed by atoms with Crippen LogP contribution in [-0.2, 0) is 9.47 Å². The van der Waals surface area contributed by atoms with Crippen molar-refractivity contribution in [1.29, 1.82) is 0 Å². The molecule has 1 fully saturated rings. The van der Waals surface area contributed by atoms with Gasteiger partial charge in [-0.2, -0.15) is 0 Å². The summed E-state index contributed by atoms with van der Waals surface area (Å²) in [7, 11) is 1.33. The van der Waals surface area contributed by atoms with E-state index in [9.17, 15) is 14.4 Å². The molecule has 6 nitrogen and oxygen atoms in total. The van der Waals surface area contributed by atoms with Gasteiger partial charge in [0.15, 0.2) is 5.78 Å². The van der Waals surface area contributed by atoms with Crippen molar-refractivity contribution >= 4 is 29.2 Å². The molecule has 1 amide bonds. The quantitative estimate of drug-likeness (QED) is 0.602. The summed E-state index contributed by atoms with van der Waals surface area (Å²) >= 11 is 1.28. The number of ether oxygens (including phenoxy) is 2. The molecular formula is C18H25NO5S. The molecule has 2 rings (SSSR count). The molecule has 138 valence electrons. The number of Topliss-reactive ketones (excluding diaryl/α,β-unsaturated/α-hetero) is 1. The number of amides is 1. The first-order valence-corrected chi connectivity index (χ1v) is 9.20. The first-order valence-electron chi connectivity index (χ1n) is 8.32. The summed E-state index contributed by atoms with van der Waals surface area (Å²) < 4.78 is 10.1. The third kappa shape index (κ3) is 4.60. The van der Waals surface area contributed by atoms with E-state index in [0.717, 1.165) is 0 Å². The highest BCUT2D eigenvalue weighted by atomic mass is 32.1.